The molecule has 0 radical (unpaired) electrons. The van der Waals surface area contributed by atoms with Crippen molar-refractivity contribution in [2.45, 2.75) is 45.1 Å². The van der Waals surface area contributed by atoms with Gasteiger partial charge in [0.25, 0.3) is 0 Å². The van der Waals surface area contributed by atoms with Crippen molar-refractivity contribution in [3.8, 4) is 0 Å². The molecule has 1 aromatic rings. The predicted molar refractivity (Wildman–Crippen MR) is 82.5 cm³/mol. The predicted octanol–water partition coefficient (Wildman–Crippen LogP) is 1.35. The Balaban J connectivity index is 1.47. The molecule has 2 N–H and O–H groups in total. The molecular formula is C15H27N5O. The van der Waals surface area contributed by atoms with Crippen molar-refractivity contribution < 1.29 is 4.74 Å². The van der Waals surface area contributed by atoms with Crippen LogP contribution in [0.2, 0.25) is 0 Å². The van der Waals surface area contributed by atoms with Gasteiger partial charge in [-0.1, -0.05) is 0 Å². The summed E-state index contributed by atoms with van der Waals surface area (Å²) in [6, 6.07) is 0.751. The molecule has 1 aromatic heterocycles. The van der Waals surface area contributed by atoms with E-state index in [1.54, 1.807) is 0 Å². The van der Waals surface area contributed by atoms with E-state index in [9.17, 15) is 0 Å². The number of nitrogens with one attached hydrogen (secondary N) is 2. The van der Waals surface area contributed by atoms with Crippen molar-refractivity contribution in [1.29, 1.82) is 0 Å². The highest BCUT2D eigenvalue weighted by molar-refractivity contribution is 5.29. The normalized spacial score (nSPS) is 23.9. The van der Waals surface area contributed by atoms with Gasteiger partial charge in [0.1, 0.15) is 5.82 Å². The Kier molecular flexibility index (Phi) is 5.08. The van der Waals surface area contributed by atoms with Gasteiger partial charge in [-0.05, 0) is 45.1 Å². The van der Waals surface area contributed by atoms with Crippen molar-refractivity contribution in [2.75, 3.05) is 37.7 Å². The van der Waals surface area contributed by atoms with Crippen LogP contribution in [0.5, 0.6) is 0 Å². The number of anilines is 1. The summed E-state index contributed by atoms with van der Waals surface area (Å²) in [6.07, 6.45) is 6.01. The topological polar surface area (TPSA) is 66.1 Å². The number of ether oxygens (including phenoxy) is 1. The molecule has 3 heterocycles. The van der Waals surface area contributed by atoms with Crippen LogP contribution in [0.3, 0.4) is 0 Å². The van der Waals surface area contributed by atoms with E-state index in [0.717, 1.165) is 49.8 Å². The quantitative estimate of drug-likeness (QED) is 0.775. The van der Waals surface area contributed by atoms with E-state index in [0.29, 0.717) is 6.61 Å². The fourth-order valence-electron chi connectivity index (χ4n) is 3.47. The summed E-state index contributed by atoms with van der Waals surface area (Å²) in [5, 5.41) is 11.0. The van der Waals surface area contributed by atoms with Crippen molar-refractivity contribution in [1.82, 2.24) is 20.5 Å². The van der Waals surface area contributed by atoms with Gasteiger partial charge < -0.3 is 15.0 Å². The van der Waals surface area contributed by atoms with E-state index in [1.807, 2.05) is 6.92 Å². The van der Waals surface area contributed by atoms with Crippen LogP contribution in [0.1, 0.15) is 38.4 Å². The molecule has 2 aliphatic rings. The zero-order valence-corrected chi connectivity index (χ0v) is 13.0. The zero-order valence-electron chi connectivity index (χ0n) is 13.0. The third-order valence-electron chi connectivity index (χ3n) is 4.70. The zero-order chi connectivity index (χ0) is 14.5. The van der Waals surface area contributed by atoms with E-state index in [2.05, 4.69) is 25.4 Å². The van der Waals surface area contributed by atoms with Gasteiger partial charge in [0.2, 0.25) is 5.95 Å². The minimum Gasteiger partial charge on any atom is -0.381 e. The Morgan fingerprint density at radius 3 is 2.86 bits per heavy atom. The van der Waals surface area contributed by atoms with Crippen LogP contribution < -0.4 is 10.2 Å². The first-order valence-corrected chi connectivity index (χ1v) is 8.34. The van der Waals surface area contributed by atoms with E-state index in [1.165, 1.54) is 32.2 Å². The standard InChI is InChI=1S/C15H27N5O/c1-2-21-11-7-14-17-15(19-18-14)20-9-5-12(6-10-20)13-4-3-8-16-13/h12-13,16H,2-11H2,1H3,(H,17,18,19). The smallest absolute Gasteiger partial charge is 0.244 e. The van der Waals surface area contributed by atoms with Crippen molar-refractivity contribution in [3.63, 3.8) is 0 Å². The van der Waals surface area contributed by atoms with Gasteiger partial charge in [-0.2, -0.15) is 4.98 Å². The monoisotopic (exact) mass is 293 g/mol. The van der Waals surface area contributed by atoms with E-state index in [4.69, 9.17) is 4.74 Å². The Morgan fingerprint density at radius 1 is 1.29 bits per heavy atom. The molecule has 1 atom stereocenters. The Labute approximate surface area is 126 Å². The summed E-state index contributed by atoms with van der Waals surface area (Å²) >= 11 is 0. The molecule has 0 aliphatic carbocycles. The minimum atomic E-state index is 0.709. The first kappa shape index (κ1) is 14.8. The Morgan fingerprint density at radius 2 is 2.14 bits per heavy atom. The third-order valence-corrected chi connectivity index (χ3v) is 4.70. The van der Waals surface area contributed by atoms with E-state index in [-0.39, 0.29) is 0 Å². The molecule has 0 aromatic carbocycles. The second-order valence-corrected chi connectivity index (χ2v) is 6.06. The van der Waals surface area contributed by atoms with Crippen molar-refractivity contribution in [2.24, 2.45) is 5.92 Å². The highest BCUT2D eigenvalue weighted by Gasteiger charge is 2.29. The molecule has 2 aliphatic heterocycles. The highest BCUT2D eigenvalue weighted by Crippen LogP contribution is 2.27. The average Bonchev–Trinajstić information content (AvgIpc) is 3.20. The maximum Gasteiger partial charge on any atom is 0.244 e. The van der Waals surface area contributed by atoms with Crippen LogP contribution in [0.15, 0.2) is 0 Å². The second kappa shape index (κ2) is 7.22. The van der Waals surface area contributed by atoms with Gasteiger partial charge in [0.15, 0.2) is 0 Å². The van der Waals surface area contributed by atoms with Crippen LogP contribution >= 0.6 is 0 Å². The number of aromatic amines is 1. The van der Waals surface area contributed by atoms with Crippen molar-refractivity contribution >= 4 is 5.95 Å². The Bertz CT molecular complexity index is 421. The number of H-pyrrole nitrogens is 1. The SMILES string of the molecule is CCOCCc1nc(N2CCC(C3CCCN3)CC2)n[nH]1. The highest BCUT2D eigenvalue weighted by atomic mass is 16.5. The molecule has 0 saturated carbocycles. The van der Waals surface area contributed by atoms with E-state index < -0.39 is 0 Å². The number of piperidine rings is 1. The lowest BCUT2D eigenvalue weighted by Crippen LogP contribution is -2.41. The van der Waals surface area contributed by atoms with Gasteiger partial charge in [0.05, 0.1) is 6.61 Å². The largest absolute Gasteiger partial charge is 0.381 e. The summed E-state index contributed by atoms with van der Waals surface area (Å²) in [7, 11) is 0. The number of aromatic nitrogens is 3. The molecule has 6 nitrogen and oxygen atoms in total. The average molecular weight is 293 g/mol. The van der Waals surface area contributed by atoms with Gasteiger partial charge in [-0.25, -0.2) is 0 Å². The maximum atomic E-state index is 5.35. The molecule has 1 unspecified atom stereocenters. The lowest BCUT2D eigenvalue weighted by molar-refractivity contribution is 0.149. The van der Waals surface area contributed by atoms with Crippen molar-refractivity contribution in [3.05, 3.63) is 5.82 Å². The van der Waals surface area contributed by atoms with Crippen LogP contribution in [0.4, 0.5) is 5.95 Å². The third kappa shape index (κ3) is 3.74. The molecule has 21 heavy (non-hydrogen) atoms. The van der Waals surface area contributed by atoms with Gasteiger partial charge >= 0.3 is 0 Å². The van der Waals surface area contributed by atoms with Gasteiger partial charge in [-0.15, -0.1) is 5.10 Å². The molecule has 0 spiro atoms. The fraction of sp³-hybridized carbons (Fsp3) is 0.867. The summed E-state index contributed by atoms with van der Waals surface area (Å²) in [4.78, 5) is 6.90. The van der Waals surface area contributed by atoms with Gasteiger partial charge in [0, 0.05) is 32.2 Å². The van der Waals surface area contributed by atoms with E-state index >= 15 is 0 Å². The summed E-state index contributed by atoms with van der Waals surface area (Å²) < 4.78 is 5.35. The molecule has 118 valence electrons. The molecule has 6 heteroatoms. The lowest BCUT2D eigenvalue weighted by Gasteiger charge is -2.34. The van der Waals surface area contributed by atoms with Crippen LogP contribution in [0, 0.1) is 5.92 Å². The number of rotatable bonds is 6. The lowest BCUT2D eigenvalue weighted by atomic mass is 9.89. The van der Waals surface area contributed by atoms with Crippen LogP contribution in [-0.4, -0.2) is 54.1 Å². The van der Waals surface area contributed by atoms with Gasteiger partial charge in [-0.3, -0.25) is 5.10 Å². The molecule has 2 saturated heterocycles. The molecule has 0 amide bonds. The number of hydrogen-bond acceptors (Lipinski definition) is 5. The van der Waals surface area contributed by atoms with Crippen LogP contribution in [-0.2, 0) is 11.2 Å². The fourth-order valence-corrected chi connectivity index (χ4v) is 3.47. The Hall–Kier alpha value is -1.14. The molecule has 0 bridgehead atoms. The summed E-state index contributed by atoms with van der Waals surface area (Å²) in [5.74, 6) is 2.62. The van der Waals surface area contributed by atoms with Crippen LogP contribution in [0.25, 0.3) is 0 Å². The number of nitrogens with zero attached hydrogens (tertiary/aromatic N) is 3. The molecule has 2 fully saturated rings. The maximum absolute atomic E-state index is 5.35. The summed E-state index contributed by atoms with van der Waals surface area (Å²) in [5.41, 5.74) is 0. The second-order valence-electron chi connectivity index (χ2n) is 6.06. The first-order chi connectivity index (χ1) is 10.4. The molecular weight excluding hydrogens is 266 g/mol. The molecule has 3 rings (SSSR count). The summed E-state index contributed by atoms with van der Waals surface area (Å²) in [6.45, 7) is 6.83. The minimum absolute atomic E-state index is 0.709. The number of hydrogen-bond donors (Lipinski definition) is 2. The first-order valence-electron chi connectivity index (χ1n) is 8.34.